The van der Waals surface area contributed by atoms with Gasteiger partial charge in [-0.15, -0.1) is 0 Å². The van der Waals surface area contributed by atoms with E-state index < -0.39 is 0 Å². The van der Waals surface area contributed by atoms with Gasteiger partial charge in [0.05, 0.1) is 17.3 Å². The fourth-order valence-corrected chi connectivity index (χ4v) is 4.22. The van der Waals surface area contributed by atoms with Crippen molar-refractivity contribution in [1.82, 2.24) is 25.6 Å². The van der Waals surface area contributed by atoms with Crippen molar-refractivity contribution >= 4 is 22.8 Å². The molecule has 0 unspecified atom stereocenters. The molecule has 28 heavy (non-hydrogen) atoms. The molecule has 1 saturated heterocycles. The van der Waals surface area contributed by atoms with Crippen molar-refractivity contribution in [3.05, 3.63) is 41.7 Å². The Morgan fingerprint density at radius 2 is 2.07 bits per heavy atom. The van der Waals surface area contributed by atoms with Gasteiger partial charge < -0.3 is 20.5 Å². The molecule has 1 aromatic carbocycles. The van der Waals surface area contributed by atoms with Crippen molar-refractivity contribution in [2.75, 3.05) is 31.1 Å². The van der Waals surface area contributed by atoms with Gasteiger partial charge in [0, 0.05) is 55.1 Å². The predicted octanol–water partition coefficient (Wildman–Crippen LogP) is 2.10. The first-order valence-electron chi connectivity index (χ1n) is 9.77. The Bertz CT molecular complexity index is 1070. The lowest BCUT2D eigenvalue weighted by Crippen LogP contribution is -2.58. The second-order valence-electron chi connectivity index (χ2n) is 8.12. The summed E-state index contributed by atoms with van der Waals surface area (Å²) in [5, 5.41) is 6.35. The molecule has 144 valence electrons. The van der Waals surface area contributed by atoms with E-state index in [-0.39, 0.29) is 11.4 Å². The molecular weight excluding hydrogens is 352 g/mol. The van der Waals surface area contributed by atoms with Gasteiger partial charge in [-0.25, -0.2) is 4.98 Å². The number of nitrogens with one attached hydrogen (secondary N) is 3. The number of para-hydroxylation sites is 1. The van der Waals surface area contributed by atoms with E-state index in [1.54, 1.807) is 0 Å². The lowest BCUT2D eigenvalue weighted by molar-refractivity contribution is 0.0946. The quantitative estimate of drug-likeness (QED) is 0.638. The number of nitrogens with zero attached hydrogens (tertiary/aromatic N) is 3. The topological polar surface area (TPSA) is 85.9 Å². The molecule has 3 aromatic rings. The van der Waals surface area contributed by atoms with Crippen molar-refractivity contribution < 1.29 is 4.79 Å². The molecular formula is C21H24N6O. The minimum absolute atomic E-state index is 0.0154. The third kappa shape index (κ3) is 2.74. The average molecular weight is 376 g/mol. The zero-order chi connectivity index (χ0) is 19.3. The number of carbonyl (C=O) groups is 1. The summed E-state index contributed by atoms with van der Waals surface area (Å²) < 4.78 is 0. The number of anilines is 1. The van der Waals surface area contributed by atoms with Gasteiger partial charge in [-0.05, 0) is 26.0 Å². The summed E-state index contributed by atoms with van der Waals surface area (Å²) >= 11 is 0. The Morgan fingerprint density at radius 1 is 1.18 bits per heavy atom. The summed E-state index contributed by atoms with van der Waals surface area (Å²) in [7, 11) is 0. The molecule has 0 aliphatic carbocycles. The summed E-state index contributed by atoms with van der Waals surface area (Å²) in [6.45, 7) is 7.84. The van der Waals surface area contributed by atoms with E-state index in [9.17, 15) is 4.79 Å². The standard InChI is InChI=1S/C21H24N6O/c1-21(2)12-22-8-9-27(21)18-11-24-16-5-3-4-13(19(16)26-18)17-10-14-15(25-17)6-7-23-20(14)28/h3-5,10-11,22,25H,6-9,12H2,1-2H3,(H,23,28). The van der Waals surface area contributed by atoms with Crippen molar-refractivity contribution in [2.45, 2.75) is 25.8 Å². The van der Waals surface area contributed by atoms with E-state index in [0.29, 0.717) is 6.54 Å². The SMILES string of the molecule is CC1(C)CNCCN1c1cnc2cccc(-c3cc4c([nH]3)CCNC4=O)c2n1. The molecule has 5 rings (SSSR count). The molecule has 2 aliphatic heterocycles. The monoisotopic (exact) mass is 376 g/mol. The first kappa shape index (κ1) is 17.2. The van der Waals surface area contributed by atoms with Crippen LogP contribution in [0.1, 0.15) is 29.9 Å². The number of aromatic amines is 1. The minimum atomic E-state index is -0.0286. The van der Waals surface area contributed by atoms with Crippen LogP contribution in [0.4, 0.5) is 5.82 Å². The van der Waals surface area contributed by atoms with Gasteiger partial charge in [0.1, 0.15) is 11.3 Å². The molecule has 7 heteroatoms. The molecule has 1 fully saturated rings. The number of amides is 1. The van der Waals surface area contributed by atoms with Gasteiger partial charge in [0.2, 0.25) is 0 Å². The third-order valence-corrected chi connectivity index (χ3v) is 5.73. The Labute approximate surface area is 163 Å². The van der Waals surface area contributed by atoms with Crippen molar-refractivity contribution in [1.29, 1.82) is 0 Å². The lowest BCUT2D eigenvalue weighted by atomic mass is 10.0. The molecule has 3 N–H and O–H groups in total. The maximum absolute atomic E-state index is 12.2. The molecule has 0 spiro atoms. The molecule has 0 atom stereocenters. The van der Waals surface area contributed by atoms with Gasteiger partial charge in [-0.2, -0.15) is 0 Å². The van der Waals surface area contributed by atoms with Gasteiger partial charge >= 0.3 is 0 Å². The highest BCUT2D eigenvalue weighted by Gasteiger charge is 2.31. The van der Waals surface area contributed by atoms with E-state index >= 15 is 0 Å². The number of rotatable bonds is 2. The van der Waals surface area contributed by atoms with Crippen LogP contribution >= 0.6 is 0 Å². The molecule has 0 saturated carbocycles. The molecule has 0 bridgehead atoms. The average Bonchev–Trinajstić information content (AvgIpc) is 3.12. The Kier molecular flexibility index (Phi) is 3.87. The van der Waals surface area contributed by atoms with Crippen LogP contribution in [-0.2, 0) is 6.42 Å². The minimum Gasteiger partial charge on any atom is -0.358 e. The number of fused-ring (bicyclic) bond motifs is 2. The van der Waals surface area contributed by atoms with Gasteiger partial charge in [-0.3, -0.25) is 9.78 Å². The second kappa shape index (κ2) is 6.31. The van der Waals surface area contributed by atoms with Crippen LogP contribution in [0.15, 0.2) is 30.5 Å². The summed E-state index contributed by atoms with van der Waals surface area (Å²) in [5.41, 5.74) is 5.29. The summed E-state index contributed by atoms with van der Waals surface area (Å²) in [5.74, 6) is 0.874. The van der Waals surface area contributed by atoms with Crippen molar-refractivity contribution in [3.63, 3.8) is 0 Å². The number of aromatic nitrogens is 3. The van der Waals surface area contributed by atoms with E-state index in [0.717, 1.165) is 65.4 Å². The summed E-state index contributed by atoms with van der Waals surface area (Å²) in [6.07, 6.45) is 2.68. The van der Waals surface area contributed by atoms with E-state index in [4.69, 9.17) is 4.98 Å². The highest BCUT2D eigenvalue weighted by Crippen LogP contribution is 2.31. The lowest BCUT2D eigenvalue weighted by Gasteiger charge is -2.43. The van der Waals surface area contributed by atoms with Crippen LogP contribution in [0.2, 0.25) is 0 Å². The maximum Gasteiger partial charge on any atom is 0.253 e. The normalized spacial score (nSPS) is 18.8. The van der Waals surface area contributed by atoms with Gasteiger partial charge in [-0.1, -0.05) is 12.1 Å². The van der Waals surface area contributed by atoms with E-state index in [1.807, 2.05) is 30.5 Å². The van der Waals surface area contributed by atoms with Crippen LogP contribution in [0.25, 0.3) is 22.3 Å². The molecule has 2 aromatic heterocycles. The summed E-state index contributed by atoms with van der Waals surface area (Å²) in [4.78, 5) is 27.6. The van der Waals surface area contributed by atoms with Gasteiger partial charge in [0.15, 0.2) is 0 Å². The highest BCUT2D eigenvalue weighted by atomic mass is 16.1. The van der Waals surface area contributed by atoms with Crippen molar-refractivity contribution in [3.8, 4) is 11.3 Å². The smallest absolute Gasteiger partial charge is 0.253 e. The van der Waals surface area contributed by atoms with Crippen molar-refractivity contribution in [2.24, 2.45) is 0 Å². The molecule has 1 amide bonds. The molecule has 2 aliphatic rings. The maximum atomic E-state index is 12.2. The molecule has 7 nitrogen and oxygen atoms in total. The number of hydrogen-bond donors (Lipinski definition) is 3. The Hall–Kier alpha value is -2.93. The Balaban J connectivity index is 1.63. The van der Waals surface area contributed by atoms with Gasteiger partial charge in [0.25, 0.3) is 5.91 Å². The fraction of sp³-hybridized carbons (Fsp3) is 0.381. The number of H-pyrrole nitrogens is 1. The number of piperazine rings is 1. The number of hydrogen-bond acceptors (Lipinski definition) is 5. The summed E-state index contributed by atoms with van der Waals surface area (Å²) in [6, 6.07) is 7.94. The van der Waals surface area contributed by atoms with E-state index in [2.05, 4.69) is 39.3 Å². The highest BCUT2D eigenvalue weighted by molar-refractivity contribution is 5.99. The van der Waals surface area contributed by atoms with Crippen LogP contribution in [0, 0.1) is 0 Å². The molecule has 0 radical (unpaired) electrons. The first-order chi connectivity index (χ1) is 13.5. The molecule has 4 heterocycles. The third-order valence-electron chi connectivity index (χ3n) is 5.73. The fourth-order valence-electron chi connectivity index (χ4n) is 4.22. The zero-order valence-electron chi connectivity index (χ0n) is 16.2. The first-order valence-corrected chi connectivity index (χ1v) is 9.77. The van der Waals surface area contributed by atoms with Crippen LogP contribution < -0.4 is 15.5 Å². The predicted molar refractivity (Wildman–Crippen MR) is 110 cm³/mol. The Morgan fingerprint density at radius 3 is 2.89 bits per heavy atom. The van der Waals surface area contributed by atoms with Crippen LogP contribution in [0.3, 0.4) is 0 Å². The van der Waals surface area contributed by atoms with Crippen LogP contribution in [0.5, 0.6) is 0 Å². The largest absolute Gasteiger partial charge is 0.358 e. The number of benzene rings is 1. The van der Waals surface area contributed by atoms with Crippen LogP contribution in [-0.4, -0.2) is 52.6 Å². The van der Waals surface area contributed by atoms with E-state index in [1.165, 1.54) is 0 Å². The number of carbonyl (C=O) groups excluding carboxylic acids is 1. The zero-order valence-corrected chi connectivity index (χ0v) is 16.2. The second-order valence-corrected chi connectivity index (χ2v) is 8.12.